The number of aromatic carboxylic acids is 1. The number of nitrogens with two attached hydrogens (primary N) is 1. The second kappa shape index (κ2) is 8.46. The van der Waals surface area contributed by atoms with Gasteiger partial charge in [0.2, 0.25) is 0 Å². The molecule has 0 radical (unpaired) electrons. The molecule has 0 unspecified atom stereocenters. The molecule has 0 fully saturated rings. The molecule has 0 amide bonds. The highest BCUT2D eigenvalue weighted by atomic mass is 35.5. The van der Waals surface area contributed by atoms with Crippen LogP contribution in [-0.2, 0) is 0 Å². The SMILES string of the molecule is Cc1nc([C@@H](C)c2cc(Cl)c(F)c(C(=O)O)c2OC(C)C)n2ccnc(N)c12.S. The highest BCUT2D eigenvalue weighted by Gasteiger charge is 2.29. The Morgan fingerprint density at radius 3 is 2.62 bits per heavy atom. The van der Waals surface area contributed by atoms with Crippen molar-refractivity contribution in [2.75, 3.05) is 5.73 Å². The van der Waals surface area contributed by atoms with E-state index in [0.717, 1.165) is 0 Å². The highest BCUT2D eigenvalue weighted by Crippen LogP contribution is 2.39. The lowest BCUT2D eigenvalue weighted by Crippen LogP contribution is -2.16. The van der Waals surface area contributed by atoms with Gasteiger partial charge in [-0.2, -0.15) is 13.5 Å². The molecule has 0 aliphatic carbocycles. The second-order valence-electron chi connectivity index (χ2n) is 6.75. The van der Waals surface area contributed by atoms with Gasteiger partial charge in [-0.25, -0.2) is 19.2 Å². The number of carboxylic acids is 1. The molecule has 0 saturated heterocycles. The van der Waals surface area contributed by atoms with Crippen LogP contribution in [-0.4, -0.2) is 31.5 Å². The molecule has 3 aromatic rings. The van der Waals surface area contributed by atoms with Crippen molar-refractivity contribution >= 4 is 42.4 Å². The Labute approximate surface area is 179 Å². The molecule has 10 heteroatoms. The van der Waals surface area contributed by atoms with E-state index >= 15 is 0 Å². The monoisotopic (exact) mass is 440 g/mol. The quantitative estimate of drug-likeness (QED) is 0.617. The molecule has 3 N–H and O–H groups in total. The van der Waals surface area contributed by atoms with Crippen LogP contribution in [0.4, 0.5) is 10.2 Å². The van der Waals surface area contributed by atoms with Crippen LogP contribution in [0.3, 0.4) is 0 Å². The molecule has 0 bridgehead atoms. The zero-order valence-electron chi connectivity index (χ0n) is 16.3. The minimum atomic E-state index is -1.46. The predicted octanol–water partition coefficient (Wildman–Crippen LogP) is 4.16. The molecular formula is C19H22ClFN4O3S. The summed E-state index contributed by atoms with van der Waals surface area (Å²) in [4.78, 5) is 20.4. The lowest BCUT2D eigenvalue weighted by Gasteiger charge is -2.21. The van der Waals surface area contributed by atoms with Crippen LogP contribution in [0.1, 0.15) is 54.1 Å². The fourth-order valence-corrected chi connectivity index (χ4v) is 3.43. The molecule has 1 aromatic carbocycles. The first-order chi connectivity index (χ1) is 13.1. The number of anilines is 1. The maximum atomic E-state index is 14.5. The summed E-state index contributed by atoms with van der Waals surface area (Å²) < 4.78 is 22.0. The number of rotatable bonds is 5. The molecule has 2 heterocycles. The smallest absolute Gasteiger partial charge is 0.342 e. The number of imidazole rings is 1. The average molecular weight is 441 g/mol. The Morgan fingerprint density at radius 1 is 1.38 bits per heavy atom. The van der Waals surface area contributed by atoms with Crippen molar-refractivity contribution < 1.29 is 19.0 Å². The molecule has 0 saturated carbocycles. The number of halogens is 2. The van der Waals surface area contributed by atoms with Crippen LogP contribution < -0.4 is 10.5 Å². The number of benzene rings is 1. The minimum Gasteiger partial charge on any atom is -0.490 e. The molecular weight excluding hydrogens is 419 g/mol. The van der Waals surface area contributed by atoms with Gasteiger partial charge in [-0.05, 0) is 26.8 Å². The normalized spacial score (nSPS) is 12.1. The Kier molecular flexibility index (Phi) is 6.64. The summed E-state index contributed by atoms with van der Waals surface area (Å²) in [5.74, 6) is -2.11. The van der Waals surface area contributed by atoms with E-state index in [1.165, 1.54) is 6.07 Å². The molecule has 156 valence electrons. The van der Waals surface area contributed by atoms with Gasteiger partial charge in [0, 0.05) is 23.9 Å². The zero-order chi connectivity index (χ0) is 20.7. The van der Waals surface area contributed by atoms with E-state index in [-0.39, 0.29) is 30.4 Å². The van der Waals surface area contributed by atoms with E-state index in [9.17, 15) is 14.3 Å². The third kappa shape index (κ3) is 3.97. The number of fused-ring (bicyclic) bond motifs is 1. The van der Waals surface area contributed by atoms with Crippen molar-refractivity contribution in [3.63, 3.8) is 0 Å². The second-order valence-corrected chi connectivity index (χ2v) is 7.15. The van der Waals surface area contributed by atoms with Gasteiger partial charge in [0.05, 0.1) is 16.8 Å². The summed E-state index contributed by atoms with van der Waals surface area (Å²) in [6, 6.07) is 1.38. The summed E-state index contributed by atoms with van der Waals surface area (Å²) in [6.45, 7) is 7.07. The van der Waals surface area contributed by atoms with Crippen molar-refractivity contribution in [3.05, 3.63) is 51.9 Å². The lowest BCUT2D eigenvalue weighted by atomic mass is 9.96. The fraction of sp³-hybridized carbons (Fsp3) is 0.316. The van der Waals surface area contributed by atoms with Gasteiger partial charge in [0.1, 0.15) is 28.5 Å². The third-order valence-electron chi connectivity index (χ3n) is 4.41. The first-order valence-corrected chi connectivity index (χ1v) is 9.02. The topological polar surface area (TPSA) is 103 Å². The Bertz CT molecular complexity index is 1090. The first kappa shape index (κ1) is 22.8. The van der Waals surface area contributed by atoms with Crippen molar-refractivity contribution in [1.29, 1.82) is 0 Å². The van der Waals surface area contributed by atoms with E-state index in [1.54, 1.807) is 37.6 Å². The predicted molar refractivity (Wildman–Crippen MR) is 114 cm³/mol. The van der Waals surface area contributed by atoms with E-state index in [1.807, 2.05) is 6.92 Å². The zero-order valence-corrected chi connectivity index (χ0v) is 18.1. The molecule has 0 aliphatic heterocycles. The van der Waals surface area contributed by atoms with E-state index in [4.69, 9.17) is 22.1 Å². The van der Waals surface area contributed by atoms with Crippen molar-refractivity contribution in [2.24, 2.45) is 0 Å². The Hall–Kier alpha value is -2.52. The van der Waals surface area contributed by atoms with E-state index in [2.05, 4.69) is 9.97 Å². The number of aryl methyl sites for hydroxylation is 1. The number of hydrogen-bond donors (Lipinski definition) is 2. The molecule has 29 heavy (non-hydrogen) atoms. The van der Waals surface area contributed by atoms with Crippen LogP contribution in [0.15, 0.2) is 18.5 Å². The number of ether oxygens (including phenoxy) is 1. The summed E-state index contributed by atoms with van der Waals surface area (Å²) in [7, 11) is 0. The van der Waals surface area contributed by atoms with Crippen LogP contribution in [0.25, 0.3) is 5.52 Å². The number of carbonyl (C=O) groups is 1. The lowest BCUT2D eigenvalue weighted by molar-refractivity contribution is 0.0684. The molecule has 0 aliphatic rings. The number of nitrogen functional groups attached to an aromatic ring is 1. The van der Waals surface area contributed by atoms with E-state index in [0.29, 0.717) is 28.4 Å². The van der Waals surface area contributed by atoms with Gasteiger partial charge in [0.25, 0.3) is 0 Å². The molecule has 3 rings (SSSR count). The van der Waals surface area contributed by atoms with Gasteiger partial charge >= 0.3 is 5.97 Å². The molecule has 1 atom stereocenters. The van der Waals surface area contributed by atoms with Crippen molar-refractivity contribution in [1.82, 2.24) is 14.4 Å². The summed E-state index contributed by atoms with van der Waals surface area (Å²) in [6.07, 6.45) is 2.89. The average Bonchev–Trinajstić information content (AvgIpc) is 2.95. The van der Waals surface area contributed by atoms with Gasteiger partial charge in [-0.3, -0.25) is 4.40 Å². The summed E-state index contributed by atoms with van der Waals surface area (Å²) in [5.41, 5.74) is 7.12. The highest BCUT2D eigenvalue weighted by molar-refractivity contribution is 7.59. The number of carboxylic acid groups (broad SMARTS) is 1. The van der Waals surface area contributed by atoms with Gasteiger partial charge < -0.3 is 15.6 Å². The molecule has 0 spiro atoms. The maximum absolute atomic E-state index is 14.5. The largest absolute Gasteiger partial charge is 0.490 e. The molecule has 7 nitrogen and oxygen atoms in total. The van der Waals surface area contributed by atoms with Gasteiger partial charge in [0.15, 0.2) is 5.82 Å². The van der Waals surface area contributed by atoms with Gasteiger partial charge in [-0.1, -0.05) is 18.5 Å². The number of hydrogen-bond acceptors (Lipinski definition) is 5. The number of aromatic nitrogens is 3. The Balaban J connectivity index is 0.00000300. The van der Waals surface area contributed by atoms with E-state index < -0.39 is 23.3 Å². The van der Waals surface area contributed by atoms with Crippen LogP contribution in [0, 0.1) is 12.7 Å². The molecule has 2 aromatic heterocycles. The van der Waals surface area contributed by atoms with Crippen molar-refractivity contribution in [2.45, 2.75) is 39.7 Å². The Morgan fingerprint density at radius 2 is 2.03 bits per heavy atom. The maximum Gasteiger partial charge on any atom is 0.342 e. The van der Waals surface area contributed by atoms with Crippen LogP contribution in [0.5, 0.6) is 5.75 Å². The third-order valence-corrected chi connectivity index (χ3v) is 4.68. The summed E-state index contributed by atoms with van der Waals surface area (Å²) in [5, 5.41) is 9.25. The standard InChI is InChI=1S/C19H20ClFN4O3.H2S/c1-8(2)28-16-11(7-12(20)14(21)13(16)19(26)27)9(3)18-24-10(4)15-17(22)23-5-6-25(15)18;/h5-9H,1-4H3,(H2,22,23)(H,26,27);1H2/t9-;/m0./s1. The fourth-order valence-electron chi connectivity index (χ4n) is 3.22. The van der Waals surface area contributed by atoms with Crippen molar-refractivity contribution in [3.8, 4) is 5.75 Å². The number of nitrogens with zero attached hydrogens (tertiary/aromatic N) is 3. The van der Waals surface area contributed by atoms with Crippen LogP contribution in [0.2, 0.25) is 5.02 Å². The minimum absolute atomic E-state index is 0. The van der Waals surface area contributed by atoms with Crippen LogP contribution >= 0.6 is 25.1 Å². The first-order valence-electron chi connectivity index (χ1n) is 8.64. The summed E-state index contributed by atoms with van der Waals surface area (Å²) >= 11 is 6.00. The van der Waals surface area contributed by atoms with Gasteiger partial charge in [-0.15, -0.1) is 0 Å².